The molecule has 1 heterocycles. The number of rotatable bonds is 3. The van der Waals surface area contributed by atoms with Gasteiger partial charge in [0.15, 0.2) is 5.82 Å². The second kappa shape index (κ2) is 5.44. The maximum Gasteiger partial charge on any atom is 0.257 e. The molecule has 2 aromatic rings. The third kappa shape index (κ3) is 2.96. The largest absolute Gasteiger partial charge is 0.382 e. The summed E-state index contributed by atoms with van der Waals surface area (Å²) in [4.78, 5) is 12.1. The van der Waals surface area contributed by atoms with Crippen LogP contribution in [-0.2, 0) is 0 Å². The Morgan fingerprint density at radius 1 is 1.42 bits per heavy atom. The van der Waals surface area contributed by atoms with Crippen LogP contribution >= 0.6 is 15.9 Å². The molecule has 2 rings (SSSR count). The summed E-state index contributed by atoms with van der Waals surface area (Å²) < 4.78 is 1.00. The van der Waals surface area contributed by atoms with Gasteiger partial charge in [0, 0.05) is 10.2 Å². The number of halogens is 1. The zero-order valence-corrected chi connectivity index (χ0v) is 12.3. The molecule has 4 N–H and O–H groups in total. The Kier molecular flexibility index (Phi) is 3.90. The zero-order valence-electron chi connectivity index (χ0n) is 10.7. The topological polar surface area (TPSA) is 83.8 Å². The summed E-state index contributed by atoms with van der Waals surface area (Å²) in [5.41, 5.74) is 7.76. The number of aromatic amines is 1. The summed E-state index contributed by atoms with van der Waals surface area (Å²) in [6.45, 7) is 3.69. The number of aromatic nitrogens is 2. The molecule has 0 radical (unpaired) electrons. The number of hydrogen-bond acceptors (Lipinski definition) is 3. The number of carbonyl (C=O) groups is 1. The Hall–Kier alpha value is -1.82. The van der Waals surface area contributed by atoms with Crippen LogP contribution in [0, 0.1) is 6.92 Å². The Labute approximate surface area is 119 Å². The molecule has 0 saturated carbocycles. The van der Waals surface area contributed by atoms with Crippen molar-refractivity contribution in [3.63, 3.8) is 0 Å². The van der Waals surface area contributed by atoms with Gasteiger partial charge in [-0.15, -0.1) is 0 Å². The van der Waals surface area contributed by atoms with E-state index in [-0.39, 0.29) is 17.8 Å². The van der Waals surface area contributed by atoms with Crippen LogP contribution in [0.3, 0.4) is 0 Å². The van der Waals surface area contributed by atoms with Crippen molar-refractivity contribution in [3.05, 3.63) is 45.6 Å². The second-order valence-electron chi connectivity index (χ2n) is 4.36. The molecule has 0 aliphatic rings. The van der Waals surface area contributed by atoms with Crippen molar-refractivity contribution < 1.29 is 4.79 Å². The van der Waals surface area contributed by atoms with E-state index in [1.165, 1.54) is 0 Å². The molecular formula is C13H15BrN4O. The maximum atomic E-state index is 12.1. The fourth-order valence-corrected chi connectivity index (χ4v) is 2.10. The fraction of sp³-hybridized carbons (Fsp3) is 0.231. The van der Waals surface area contributed by atoms with Crippen molar-refractivity contribution >= 4 is 27.7 Å². The number of aryl methyl sites for hydroxylation is 1. The molecule has 0 saturated heterocycles. The van der Waals surface area contributed by atoms with E-state index in [0.717, 1.165) is 10.0 Å². The van der Waals surface area contributed by atoms with E-state index in [1.54, 1.807) is 6.92 Å². The van der Waals surface area contributed by atoms with Gasteiger partial charge in [-0.25, -0.2) is 0 Å². The number of anilines is 1. The van der Waals surface area contributed by atoms with Crippen molar-refractivity contribution in [2.45, 2.75) is 19.9 Å². The van der Waals surface area contributed by atoms with E-state index >= 15 is 0 Å². The van der Waals surface area contributed by atoms with Crippen LogP contribution in [-0.4, -0.2) is 16.1 Å². The van der Waals surface area contributed by atoms with Crippen LogP contribution in [0.4, 0.5) is 5.82 Å². The van der Waals surface area contributed by atoms with Crippen LogP contribution in [0.5, 0.6) is 0 Å². The predicted octanol–water partition coefficient (Wildman–Crippen LogP) is 2.55. The van der Waals surface area contributed by atoms with E-state index in [1.807, 2.05) is 31.2 Å². The average molecular weight is 323 g/mol. The predicted molar refractivity (Wildman–Crippen MR) is 77.8 cm³/mol. The van der Waals surface area contributed by atoms with Gasteiger partial charge in [0.2, 0.25) is 0 Å². The first-order valence-electron chi connectivity index (χ1n) is 5.86. The van der Waals surface area contributed by atoms with E-state index in [9.17, 15) is 4.79 Å². The first-order valence-corrected chi connectivity index (χ1v) is 6.65. The Morgan fingerprint density at radius 3 is 2.58 bits per heavy atom. The Bertz CT molecular complexity index is 572. The minimum atomic E-state index is -0.223. The molecule has 6 heteroatoms. The summed E-state index contributed by atoms with van der Waals surface area (Å²) in [7, 11) is 0. The monoisotopic (exact) mass is 322 g/mol. The first-order chi connectivity index (χ1) is 8.99. The lowest BCUT2D eigenvalue weighted by Gasteiger charge is -2.14. The number of nitrogen functional groups attached to an aromatic ring is 1. The van der Waals surface area contributed by atoms with Crippen molar-refractivity contribution in [3.8, 4) is 0 Å². The number of H-pyrrole nitrogens is 1. The van der Waals surface area contributed by atoms with Crippen LogP contribution in [0.15, 0.2) is 28.7 Å². The second-order valence-corrected chi connectivity index (χ2v) is 5.27. The number of benzene rings is 1. The standard InChI is InChI=1S/C13H15BrN4O/c1-7(9-3-5-10(14)6-4-9)16-13(19)11-8(2)17-18-12(11)15/h3-7H,1-2H3,(H,16,19)(H3,15,17,18). The highest BCUT2D eigenvalue weighted by Gasteiger charge is 2.18. The lowest BCUT2D eigenvalue weighted by Crippen LogP contribution is -2.27. The van der Waals surface area contributed by atoms with Crippen molar-refractivity contribution in [2.24, 2.45) is 0 Å². The fourth-order valence-electron chi connectivity index (χ4n) is 1.84. The van der Waals surface area contributed by atoms with E-state index in [4.69, 9.17) is 5.73 Å². The zero-order chi connectivity index (χ0) is 14.0. The Balaban J connectivity index is 2.13. The minimum absolute atomic E-state index is 0.103. The van der Waals surface area contributed by atoms with Gasteiger partial charge in [0.1, 0.15) is 5.56 Å². The quantitative estimate of drug-likeness (QED) is 0.812. The Morgan fingerprint density at radius 2 is 2.05 bits per heavy atom. The van der Waals surface area contributed by atoms with E-state index < -0.39 is 0 Å². The number of nitrogens with two attached hydrogens (primary N) is 1. The number of nitrogens with one attached hydrogen (secondary N) is 2. The minimum Gasteiger partial charge on any atom is -0.382 e. The van der Waals surface area contributed by atoms with Crippen molar-refractivity contribution in [1.29, 1.82) is 0 Å². The van der Waals surface area contributed by atoms with Gasteiger partial charge in [-0.1, -0.05) is 28.1 Å². The molecule has 1 aromatic carbocycles. The van der Waals surface area contributed by atoms with Crippen molar-refractivity contribution in [2.75, 3.05) is 5.73 Å². The van der Waals surface area contributed by atoms with Crippen LogP contribution in [0.2, 0.25) is 0 Å². The highest BCUT2D eigenvalue weighted by molar-refractivity contribution is 9.10. The molecular weight excluding hydrogens is 308 g/mol. The van der Waals surface area contributed by atoms with E-state index in [2.05, 4.69) is 31.4 Å². The normalized spacial score (nSPS) is 12.2. The van der Waals surface area contributed by atoms with Gasteiger partial charge in [0.25, 0.3) is 5.91 Å². The summed E-state index contributed by atoms with van der Waals surface area (Å²) in [6, 6.07) is 7.70. The smallest absolute Gasteiger partial charge is 0.257 e. The molecule has 1 amide bonds. The number of carbonyl (C=O) groups excluding carboxylic acids is 1. The number of amides is 1. The molecule has 0 fully saturated rings. The van der Waals surface area contributed by atoms with Crippen molar-refractivity contribution in [1.82, 2.24) is 15.5 Å². The van der Waals surface area contributed by atoms with Gasteiger partial charge in [-0.2, -0.15) is 5.10 Å². The third-order valence-electron chi connectivity index (χ3n) is 2.92. The molecule has 19 heavy (non-hydrogen) atoms. The molecule has 100 valence electrons. The molecule has 5 nitrogen and oxygen atoms in total. The summed E-state index contributed by atoms with van der Waals surface area (Å²) in [5, 5.41) is 9.42. The number of hydrogen-bond donors (Lipinski definition) is 3. The summed E-state index contributed by atoms with van der Waals surface area (Å²) >= 11 is 3.38. The lowest BCUT2D eigenvalue weighted by molar-refractivity contribution is 0.0940. The third-order valence-corrected chi connectivity index (χ3v) is 3.45. The molecule has 0 spiro atoms. The maximum absolute atomic E-state index is 12.1. The van der Waals surface area contributed by atoms with Crippen LogP contribution < -0.4 is 11.1 Å². The van der Waals surface area contributed by atoms with Crippen LogP contribution in [0.25, 0.3) is 0 Å². The number of nitrogens with zero attached hydrogens (tertiary/aromatic N) is 1. The van der Waals surface area contributed by atoms with Gasteiger partial charge >= 0.3 is 0 Å². The van der Waals surface area contributed by atoms with Gasteiger partial charge in [-0.3, -0.25) is 9.89 Å². The molecule has 0 aliphatic heterocycles. The SMILES string of the molecule is Cc1[nH]nc(N)c1C(=O)NC(C)c1ccc(Br)cc1. The molecule has 1 atom stereocenters. The lowest BCUT2D eigenvalue weighted by atomic mass is 10.1. The highest BCUT2D eigenvalue weighted by Crippen LogP contribution is 2.18. The van der Waals surface area contributed by atoms with Gasteiger partial charge < -0.3 is 11.1 Å². The molecule has 0 aliphatic carbocycles. The first kappa shape index (κ1) is 13.6. The van der Waals surface area contributed by atoms with Gasteiger partial charge in [-0.05, 0) is 31.5 Å². The van der Waals surface area contributed by atoms with E-state index in [0.29, 0.717) is 11.3 Å². The highest BCUT2D eigenvalue weighted by atomic mass is 79.9. The molecule has 1 aromatic heterocycles. The molecule has 1 unspecified atom stereocenters. The summed E-state index contributed by atoms with van der Waals surface area (Å²) in [5.74, 6) is -0.00262. The van der Waals surface area contributed by atoms with Gasteiger partial charge in [0.05, 0.1) is 6.04 Å². The summed E-state index contributed by atoms with van der Waals surface area (Å²) in [6.07, 6.45) is 0. The molecule has 0 bridgehead atoms. The van der Waals surface area contributed by atoms with Crippen LogP contribution in [0.1, 0.15) is 34.6 Å². The average Bonchev–Trinajstić information content (AvgIpc) is 2.69.